The molecular formula is C36H30ClFN2O5. The minimum Gasteiger partial charge on any atom is -0.495 e. The van der Waals surface area contributed by atoms with Crippen LogP contribution in [0.15, 0.2) is 96.6 Å². The zero-order valence-corrected chi connectivity index (χ0v) is 25.2. The number of nitrogens with one attached hydrogen (secondary N) is 1. The molecule has 0 radical (unpaired) electrons. The van der Waals surface area contributed by atoms with E-state index in [0.717, 1.165) is 23.7 Å². The van der Waals surface area contributed by atoms with Crippen molar-refractivity contribution >= 4 is 46.3 Å². The molecule has 4 aromatic rings. The van der Waals surface area contributed by atoms with Gasteiger partial charge >= 0.3 is 5.97 Å². The molecule has 228 valence electrons. The minimum atomic E-state index is -0.889. The van der Waals surface area contributed by atoms with Crippen LogP contribution in [0.25, 0.3) is 0 Å². The van der Waals surface area contributed by atoms with Gasteiger partial charge in [0.1, 0.15) is 11.6 Å². The van der Waals surface area contributed by atoms with Crippen molar-refractivity contribution in [2.45, 2.75) is 25.7 Å². The molecule has 0 aromatic heterocycles. The van der Waals surface area contributed by atoms with Gasteiger partial charge in [0.05, 0.1) is 23.4 Å². The summed E-state index contributed by atoms with van der Waals surface area (Å²) in [5, 5.41) is 13.1. The summed E-state index contributed by atoms with van der Waals surface area (Å²) in [6, 6.07) is 23.3. The quantitative estimate of drug-likeness (QED) is 0.203. The Hall–Kier alpha value is -4.95. The van der Waals surface area contributed by atoms with Crippen LogP contribution in [0.3, 0.4) is 0 Å². The summed E-state index contributed by atoms with van der Waals surface area (Å²) in [5.41, 5.74) is 3.73. The van der Waals surface area contributed by atoms with E-state index in [1.165, 1.54) is 19.2 Å². The highest BCUT2D eigenvalue weighted by atomic mass is 35.5. The Morgan fingerprint density at radius 3 is 2.47 bits per heavy atom. The molecule has 0 saturated carbocycles. The van der Waals surface area contributed by atoms with Crippen LogP contribution in [0, 0.1) is 11.2 Å². The van der Waals surface area contributed by atoms with Crippen molar-refractivity contribution in [2.24, 2.45) is 5.41 Å². The number of rotatable bonds is 7. The lowest BCUT2D eigenvalue weighted by atomic mass is 9.79. The Kier molecular flexibility index (Phi) is 8.16. The molecule has 1 atom stereocenters. The number of nitrogens with zero attached hydrogens (tertiary/aromatic N) is 1. The van der Waals surface area contributed by atoms with Crippen LogP contribution in [0.4, 0.5) is 21.5 Å². The first-order chi connectivity index (χ1) is 21.7. The fraction of sp³-hybridized carbons (Fsp3) is 0.194. The summed E-state index contributed by atoms with van der Waals surface area (Å²) in [5.74, 6) is -1.63. The Morgan fingerprint density at radius 1 is 0.956 bits per heavy atom. The smallest absolute Gasteiger partial charge is 0.331 e. The molecule has 2 N–H and O–H groups in total. The number of anilines is 3. The van der Waals surface area contributed by atoms with Crippen LogP contribution in [0.1, 0.15) is 51.1 Å². The first-order valence-corrected chi connectivity index (χ1v) is 14.9. The predicted octanol–water partition coefficient (Wildman–Crippen LogP) is 7.85. The van der Waals surface area contributed by atoms with E-state index in [1.807, 2.05) is 30.3 Å². The summed E-state index contributed by atoms with van der Waals surface area (Å²) in [6.07, 6.45) is 4.41. The van der Waals surface area contributed by atoms with Crippen molar-refractivity contribution in [2.75, 3.05) is 23.9 Å². The number of hydrogen-bond donors (Lipinski definition) is 2. The number of aliphatic carboxylic acids is 1. The molecule has 1 amide bonds. The molecule has 1 heterocycles. The van der Waals surface area contributed by atoms with Gasteiger partial charge in [-0.15, -0.1) is 0 Å². The van der Waals surface area contributed by atoms with Gasteiger partial charge < -0.3 is 20.1 Å². The number of ether oxygens (including phenoxy) is 1. The zero-order valence-electron chi connectivity index (χ0n) is 24.5. The lowest BCUT2D eigenvalue weighted by Crippen LogP contribution is -2.33. The highest BCUT2D eigenvalue weighted by molar-refractivity contribution is 6.35. The molecule has 0 bridgehead atoms. The fourth-order valence-corrected chi connectivity index (χ4v) is 6.49. The zero-order chi connectivity index (χ0) is 31.7. The third-order valence-corrected chi connectivity index (χ3v) is 8.95. The molecule has 2 aliphatic rings. The van der Waals surface area contributed by atoms with Crippen molar-refractivity contribution < 1.29 is 28.6 Å². The Balaban J connectivity index is 1.30. The van der Waals surface area contributed by atoms with Gasteiger partial charge in [-0.05, 0) is 97.3 Å². The fourth-order valence-electron chi connectivity index (χ4n) is 6.29. The summed E-state index contributed by atoms with van der Waals surface area (Å²) < 4.78 is 19.4. The van der Waals surface area contributed by atoms with Crippen LogP contribution in [0.5, 0.6) is 5.75 Å². The van der Waals surface area contributed by atoms with Crippen molar-refractivity contribution in [3.05, 3.63) is 130 Å². The number of carboxylic acid groups (broad SMARTS) is 1. The first kappa shape index (κ1) is 30.1. The lowest BCUT2D eigenvalue weighted by Gasteiger charge is -2.27. The maximum atomic E-state index is 14.4. The molecule has 6 rings (SSSR count). The Labute approximate surface area is 264 Å². The maximum absolute atomic E-state index is 14.4. The number of benzene rings is 4. The van der Waals surface area contributed by atoms with E-state index in [-0.39, 0.29) is 21.9 Å². The average molecular weight is 625 g/mol. The largest absolute Gasteiger partial charge is 0.495 e. The van der Waals surface area contributed by atoms with E-state index in [9.17, 15) is 23.9 Å². The summed E-state index contributed by atoms with van der Waals surface area (Å²) >= 11 is 6.14. The number of hydrogen-bond acceptors (Lipinski definition) is 5. The molecular weight excluding hydrogens is 595 g/mol. The van der Waals surface area contributed by atoms with Gasteiger partial charge in [0, 0.05) is 34.6 Å². The second-order valence-corrected chi connectivity index (χ2v) is 11.8. The summed E-state index contributed by atoms with van der Waals surface area (Å²) in [4.78, 5) is 40.9. The molecule has 7 nitrogen and oxygen atoms in total. The first-order valence-electron chi connectivity index (χ1n) is 14.6. The van der Waals surface area contributed by atoms with Crippen molar-refractivity contribution in [1.29, 1.82) is 0 Å². The number of ketones is 1. The monoisotopic (exact) mass is 624 g/mol. The van der Waals surface area contributed by atoms with Crippen LogP contribution in [-0.4, -0.2) is 36.4 Å². The topological polar surface area (TPSA) is 95.9 Å². The molecule has 1 spiro atoms. The van der Waals surface area contributed by atoms with Gasteiger partial charge in [-0.25, -0.2) is 9.18 Å². The third-order valence-electron chi connectivity index (χ3n) is 8.62. The van der Waals surface area contributed by atoms with Crippen molar-refractivity contribution in [3.63, 3.8) is 0 Å². The highest BCUT2D eigenvalue weighted by Gasteiger charge is 2.39. The van der Waals surface area contributed by atoms with E-state index in [1.54, 1.807) is 47.4 Å². The van der Waals surface area contributed by atoms with Gasteiger partial charge in [-0.1, -0.05) is 41.9 Å². The van der Waals surface area contributed by atoms with Crippen LogP contribution >= 0.6 is 11.6 Å². The van der Waals surface area contributed by atoms with Crippen LogP contribution < -0.4 is 15.0 Å². The second-order valence-electron chi connectivity index (χ2n) is 11.4. The van der Waals surface area contributed by atoms with Crippen molar-refractivity contribution in [1.82, 2.24) is 0 Å². The minimum absolute atomic E-state index is 0.0711. The number of carbonyl (C=O) groups is 3. The highest BCUT2D eigenvalue weighted by Crippen LogP contribution is 2.46. The average Bonchev–Trinajstić information content (AvgIpc) is 3.39. The summed E-state index contributed by atoms with van der Waals surface area (Å²) in [7, 11) is 1.52. The van der Waals surface area contributed by atoms with E-state index < -0.39 is 17.6 Å². The van der Waals surface area contributed by atoms with Crippen molar-refractivity contribution in [3.8, 4) is 5.75 Å². The van der Waals surface area contributed by atoms with Crippen LogP contribution in [-0.2, 0) is 11.2 Å². The molecule has 4 aromatic carbocycles. The summed E-state index contributed by atoms with van der Waals surface area (Å²) in [6.45, 7) is 0.412. The molecule has 1 aliphatic heterocycles. The predicted molar refractivity (Wildman–Crippen MR) is 171 cm³/mol. The van der Waals surface area contributed by atoms with E-state index in [2.05, 4.69) is 5.32 Å². The molecule has 1 aliphatic carbocycles. The number of allylic oxidation sites excluding steroid dienone is 1. The Morgan fingerprint density at radius 2 is 1.73 bits per heavy atom. The van der Waals surface area contributed by atoms with E-state index in [0.29, 0.717) is 59.6 Å². The molecule has 9 heteroatoms. The number of halogens is 2. The third kappa shape index (κ3) is 5.93. The van der Waals surface area contributed by atoms with Gasteiger partial charge in [0.25, 0.3) is 5.91 Å². The van der Waals surface area contributed by atoms with E-state index in [4.69, 9.17) is 16.3 Å². The number of amides is 1. The SMILES string of the molecule is COc1cccc(C(=O)N2CCC3(C=C(C(=O)O)CC3)Cc3ccccc32)c1Nc1ccc(C(=O)c2cc(F)ccc2Cl)cc1. The Bertz CT molecular complexity index is 1850. The van der Waals surface area contributed by atoms with E-state index >= 15 is 0 Å². The van der Waals surface area contributed by atoms with Crippen LogP contribution in [0.2, 0.25) is 5.02 Å². The lowest BCUT2D eigenvalue weighted by molar-refractivity contribution is -0.132. The molecule has 1 unspecified atom stereocenters. The number of carbonyl (C=O) groups excluding carboxylic acids is 2. The van der Waals surface area contributed by atoms with Gasteiger partial charge in [0.2, 0.25) is 0 Å². The number of carboxylic acids is 1. The normalized spacial score (nSPS) is 17.3. The molecule has 0 saturated heterocycles. The maximum Gasteiger partial charge on any atom is 0.331 e. The van der Waals surface area contributed by atoms with Gasteiger partial charge in [0.15, 0.2) is 5.78 Å². The van der Waals surface area contributed by atoms with Gasteiger partial charge in [-0.2, -0.15) is 0 Å². The number of para-hydroxylation sites is 2. The molecule has 0 fully saturated rings. The second kappa shape index (κ2) is 12.2. The van der Waals surface area contributed by atoms with Gasteiger partial charge in [-0.3, -0.25) is 9.59 Å². The molecule has 45 heavy (non-hydrogen) atoms. The number of fused-ring (bicyclic) bond motifs is 1. The standard InChI is InChI=1S/C36H30ClFN2O5/c1-45-31-8-4-6-27(32(31)39-26-12-9-22(10-13-26)33(41)28-19-25(38)11-14-29(28)37)34(42)40-18-17-36(16-15-24(21-36)35(43)44)20-23-5-2-3-7-30(23)40/h2-14,19,21,39H,15-18,20H2,1H3,(H,43,44). The number of methoxy groups -OCH3 is 1.